The SMILES string of the molecule is O=Cc1cc2c([nH]1)-c1cc(F)ccc1C2. The van der Waals surface area contributed by atoms with Crippen LogP contribution in [0.1, 0.15) is 21.6 Å². The quantitative estimate of drug-likeness (QED) is 0.603. The minimum atomic E-state index is -0.246. The van der Waals surface area contributed by atoms with Crippen molar-refractivity contribution in [3.8, 4) is 11.3 Å². The van der Waals surface area contributed by atoms with E-state index < -0.39 is 0 Å². The Balaban J connectivity index is 2.23. The average Bonchev–Trinajstić information content (AvgIpc) is 2.75. The summed E-state index contributed by atoms with van der Waals surface area (Å²) in [4.78, 5) is 13.6. The van der Waals surface area contributed by atoms with Crippen LogP contribution in [0.3, 0.4) is 0 Å². The summed E-state index contributed by atoms with van der Waals surface area (Å²) in [6.45, 7) is 0. The van der Waals surface area contributed by atoms with Crippen LogP contribution in [0.25, 0.3) is 11.3 Å². The molecule has 0 spiro atoms. The molecule has 2 aromatic rings. The van der Waals surface area contributed by atoms with Gasteiger partial charge < -0.3 is 4.98 Å². The van der Waals surface area contributed by atoms with Gasteiger partial charge in [-0.2, -0.15) is 0 Å². The Labute approximate surface area is 85.7 Å². The highest BCUT2D eigenvalue weighted by molar-refractivity contribution is 5.81. The van der Waals surface area contributed by atoms with E-state index >= 15 is 0 Å². The third-order valence-corrected chi connectivity index (χ3v) is 2.77. The molecule has 0 fully saturated rings. The van der Waals surface area contributed by atoms with E-state index in [2.05, 4.69) is 4.98 Å². The van der Waals surface area contributed by atoms with Crippen molar-refractivity contribution in [1.82, 2.24) is 4.98 Å². The summed E-state index contributed by atoms with van der Waals surface area (Å²) < 4.78 is 13.1. The maximum atomic E-state index is 13.1. The fourth-order valence-electron chi connectivity index (χ4n) is 2.10. The number of halogens is 1. The van der Waals surface area contributed by atoms with Crippen LogP contribution in [-0.4, -0.2) is 11.3 Å². The lowest BCUT2D eigenvalue weighted by atomic mass is 10.1. The molecule has 0 amide bonds. The van der Waals surface area contributed by atoms with E-state index in [0.29, 0.717) is 5.69 Å². The molecule has 74 valence electrons. The molecule has 1 heterocycles. The van der Waals surface area contributed by atoms with Crippen molar-refractivity contribution in [2.45, 2.75) is 6.42 Å². The number of hydrogen-bond donors (Lipinski definition) is 1. The number of carbonyl (C=O) groups is 1. The van der Waals surface area contributed by atoms with Gasteiger partial charge in [0, 0.05) is 17.7 Å². The Kier molecular flexibility index (Phi) is 1.57. The molecule has 0 bridgehead atoms. The van der Waals surface area contributed by atoms with E-state index in [4.69, 9.17) is 0 Å². The van der Waals surface area contributed by atoms with Gasteiger partial charge in [0.25, 0.3) is 0 Å². The average molecular weight is 201 g/mol. The van der Waals surface area contributed by atoms with Gasteiger partial charge in [-0.15, -0.1) is 0 Å². The minimum Gasteiger partial charge on any atom is -0.352 e. The molecule has 1 aliphatic carbocycles. The number of rotatable bonds is 1. The fourth-order valence-corrected chi connectivity index (χ4v) is 2.10. The molecule has 0 radical (unpaired) electrons. The Morgan fingerprint density at radius 1 is 1.27 bits per heavy atom. The Hall–Kier alpha value is -1.90. The van der Waals surface area contributed by atoms with Crippen molar-refractivity contribution >= 4 is 6.29 Å². The molecule has 3 heteroatoms. The van der Waals surface area contributed by atoms with Gasteiger partial charge in [-0.3, -0.25) is 4.79 Å². The standard InChI is InChI=1S/C12H8FNO/c13-9-2-1-7-3-8-4-10(6-15)14-12(8)11(7)5-9/h1-2,4-6,14H,3H2. The smallest absolute Gasteiger partial charge is 0.166 e. The van der Waals surface area contributed by atoms with Crippen molar-refractivity contribution in [2.75, 3.05) is 0 Å². The van der Waals surface area contributed by atoms with E-state index in [1.54, 1.807) is 6.07 Å². The Bertz CT molecular complexity index is 557. The van der Waals surface area contributed by atoms with Crippen molar-refractivity contribution in [2.24, 2.45) is 0 Å². The first-order chi connectivity index (χ1) is 7.28. The zero-order valence-corrected chi connectivity index (χ0v) is 7.88. The summed E-state index contributed by atoms with van der Waals surface area (Å²) in [5, 5.41) is 0. The van der Waals surface area contributed by atoms with Gasteiger partial charge in [-0.05, 0) is 29.3 Å². The van der Waals surface area contributed by atoms with Gasteiger partial charge in [-0.1, -0.05) is 6.07 Å². The van der Waals surface area contributed by atoms with E-state index in [0.717, 1.165) is 35.1 Å². The third kappa shape index (κ3) is 1.13. The van der Waals surface area contributed by atoms with Crippen LogP contribution < -0.4 is 0 Å². The lowest BCUT2D eigenvalue weighted by Crippen LogP contribution is -1.85. The Morgan fingerprint density at radius 3 is 2.93 bits per heavy atom. The number of fused-ring (bicyclic) bond motifs is 3. The normalized spacial score (nSPS) is 12.3. The summed E-state index contributed by atoms with van der Waals surface area (Å²) in [5.41, 5.74) is 4.48. The second kappa shape index (κ2) is 2.79. The highest BCUT2D eigenvalue weighted by Gasteiger charge is 2.21. The van der Waals surface area contributed by atoms with E-state index in [1.807, 2.05) is 6.07 Å². The first kappa shape index (κ1) is 8.41. The lowest BCUT2D eigenvalue weighted by Gasteiger charge is -1.98. The van der Waals surface area contributed by atoms with Crippen LogP contribution in [0, 0.1) is 5.82 Å². The maximum absolute atomic E-state index is 13.1. The molecule has 0 atom stereocenters. The number of carbonyl (C=O) groups excluding carboxylic acids is 1. The topological polar surface area (TPSA) is 32.9 Å². The third-order valence-electron chi connectivity index (χ3n) is 2.77. The maximum Gasteiger partial charge on any atom is 0.166 e. The number of H-pyrrole nitrogens is 1. The van der Waals surface area contributed by atoms with Gasteiger partial charge in [0.2, 0.25) is 0 Å². The van der Waals surface area contributed by atoms with Gasteiger partial charge in [0.1, 0.15) is 5.82 Å². The molecule has 3 rings (SSSR count). The molecule has 15 heavy (non-hydrogen) atoms. The van der Waals surface area contributed by atoms with Crippen molar-refractivity contribution < 1.29 is 9.18 Å². The molecular weight excluding hydrogens is 193 g/mol. The number of nitrogens with one attached hydrogen (secondary N) is 1. The van der Waals surface area contributed by atoms with Gasteiger partial charge in [0.05, 0.1) is 5.69 Å². The van der Waals surface area contributed by atoms with Gasteiger partial charge in [-0.25, -0.2) is 4.39 Å². The molecule has 2 nitrogen and oxygen atoms in total. The molecule has 1 N–H and O–H groups in total. The first-order valence-electron chi connectivity index (χ1n) is 4.74. The van der Waals surface area contributed by atoms with Crippen molar-refractivity contribution in [3.05, 3.63) is 46.9 Å². The molecule has 0 unspecified atom stereocenters. The zero-order valence-electron chi connectivity index (χ0n) is 7.88. The zero-order chi connectivity index (χ0) is 10.4. The first-order valence-corrected chi connectivity index (χ1v) is 4.74. The molecule has 0 saturated carbocycles. The molecule has 0 saturated heterocycles. The predicted molar refractivity (Wildman–Crippen MR) is 54.4 cm³/mol. The summed E-state index contributed by atoms with van der Waals surface area (Å²) in [5.74, 6) is -0.246. The predicted octanol–water partition coefficient (Wildman–Crippen LogP) is 2.54. The van der Waals surface area contributed by atoms with E-state index in [-0.39, 0.29) is 5.82 Å². The second-order valence-corrected chi connectivity index (χ2v) is 3.72. The number of aromatic nitrogens is 1. The van der Waals surface area contributed by atoms with Crippen LogP contribution in [0.15, 0.2) is 24.3 Å². The van der Waals surface area contributed by atoms with E-state index in [1.165, 1.54) is 12.1 Å². The highest BCUT2D eigenvalue weighted by atomic mass is 19.1. The fraction of sp³-hybridized carbons (Fsp3) is 0.0833. The van der Waals surface area contributed by atoms with Crippen molar-refractivity contribution in [1.29, 1.82) is 0 Å². The highest BCUT2D eigenvalue weighted by Crippen LogP contribution is 2.36. The van der Waals surface area contributed by atoms with Crippen LogP contribution in [0.4, 0.5) is 4.39 Å². The van der Waals surface area contributed by atoms with Crippen molar-refractivity contribution in [3.63, 3.8) is 0 Å². The van der Waals surface area contributed by atoms with Crippen LogP contribution in [0.2, 0.25) is 0 Å². The summed E-state index contributed by atoms with van der Waals surface area (Å²) in [7, 11) is 0. The monoisotopic (exact) mass is 201 g/mol. The Morgan fingerprint density at radius 2 is 2.13 bits per heavy atom. The number of aromatic amines is 1. The minimum absolute atomic E-state index is 0.246. The van der Waals surface area contributed by atoms with E-state index in [9.17, 15) is 9.18 Å². The molecule has 1 aromatic carbocycles. The summed E-state index contributed by atoms with van der Waals surface area (Å²) >= 11 is 0. The number of hydrogen-bond acceptors (Lipinski definition) is 1. The second-order valence-electron chi connectivity index (χ2n) is 3.72. The molecule has 1 aliphatic rings. The van der Waals surface area contributed by atoms with Gasteiger partial charge >= 0.3 is 0 Å². The number of aldehydes is 1. The summed E-state index contributed by atoms with van der Waals surface area (Å²) in [6.07, 6.45) is 1.55. The molecule has 0 aliphatic heterocycles. The molecular formula is C12H8FNO. The van der Waals surface area contributed by atoms with Crippen LogP contribution >= 0.6 is 0 Å². The molecule has 1 aromatic heterocycles. The largest absolute Gasteiger partial charge is 0.352 e. The van der Waals surface area contributed by atoms with Crippen LogP contribution in [-0.2, 0) is 6.42 Å². The van der Waals surface area contributed by atoms with Crippen LogP contribution in [0.5, 0.6) is 0 Å². The number of benzene rings is 1. The lowest BCUT2D eigenvalue weighted by molar-refractivity contribution is 0.111. The van der Waals surface area contributed by atoms with Gasteiger partial charge in [0.15, 0.2) is 6.29 Å². The summed E-state index contributed by atoms with van der Waals surface area (Å²) in [6, 6.07) is 6.58.